The molecule has 1 aromatic heterocycles. The molecule has 2 heterocycles. The first-order valence-electron chi connectivity index (χ1n) is 18.8. The lowest BCUT2D eigenvalue weighted by Gasteiger charge is -2.51. The van der Waals surface area contributed by atoms with Gasteiger partial charge in [-0.1, -0.05) is 71.0 Å². The Labute approximate surface area is 327 Å². The topological polar surface area (TPSA) is 185 Å². The lowest BCUT2D eigenvalue weighted by molar-refractivity contribution is -0.137. The van der Waals surface area contributed by atoms with E-state index in [2.05, 4.69) is 16.6 Å². The van der Waals surface area contributed by atoms with Crippen molar-refractivity contribution >= 4 is 45.2 Å². The van der Waals surface area contributed by atoms with Gasteiger partial charge in [-0.15, -0.1) is 6.58 Å². The Balaban J connectivity index is 1.44. The van der Waals surface area contributed by atoms with E-state index in [0.717, 1.165) is 10.5 Å². The van der Waals surface area contributed by atoms with Crippen LogP contribution in [-0.4, -0.2) is 102 Å². The molecule has 0 radical (unpaired) electrons. The number of aldehydes is 1. The summed E-state index contributed by atoms with van der Waals surface area (Å²) in [6.45, 7) is 13.3. The van der Waals surface area contributed by atoms with Crippen LogP contribution in [0.5, 0.6) is 11.5 Å². The molecule has 56 heavy (non-hydrogen) atoms. The number of pyridine rings is 1. The van der Waals surface area contributed by atoms with Gasteiger partial charge in [0.2, 0.25) is 15.9 Å². The van der Waals surface area contributed by atoms with Crippen molar-refractivity contribution < 1.29 is 42.2 Å². The number of urea groups is 1. The Morgan fingerprint density at radius 1 is 1.05 bits per heavy atom. The largest absolute Gasteiger partial charge is 0.497 e. The number of rotatable bonds is 14. The van der Waals surface area contributed by atoms with E-state index in [9.17, 15) is 27.9 Å². The van der Waals surface area contributed by atoms with E-state index in [1.165, 1.54) is 0 Å². The zero-order valence-corrected chi connectivity index (χ0v) is 33.4. The molecule has 3 N–H and O–H groups in total. The first-order chi connectivity index (χ1) is 26.4. The molecule has 2 aromatic carbocycles. The van der Waals surface area contributed by atoms with Gasteiger partial charge in [-0.3, -0.25) is 14.6 Å². The number of sulfonamides is 1. The second kappa shape index (κ2) is 15.5. The first-order valence-corrected chi connectivity index (χ1v) is 20.4. The van der Waals surface area contributed by atoms with Crippen LogP contribution in [-0.2, 0) is 19.6 Å². The van der Waals surface area contributed by atoms with Crippen LogP contribution >= 0.6 is 0 Å². The van der Waals surface area contributed by atoms with Crippen LogP contribution < -0.4 is 19.5 Å². The number of carbonyl (C=O) groups is 4. The molecular formula is C41H51N5O9S. The van der Waals surface area contributed by atoms with Crippen molar-refractivity contribution in [1.29, 1.82) is 0 Å². The standard InChI is InChI=1S/C41H51N5O9S/c1-8-24-18-32(24)46(38(49)44-56(52,53)28-15-16-28)36(48)33-20-27(22-45(33)37(40(2,3)4)41(5,6)35(23-47)43-39(50)51)55-34-21-30(25-12-10-9-11-13-25)42-31-19-26(54-7)14-17-29(31)34/h8-14,17,19,21,23-24,27-28,32-33,35,37,43H,1,15-16,18,20,22H2,2-7H3,(H,44,49)(H,50,51)/t24?,27-,32?,33+,35-,37?/m1/s1. The number of fused-ring (bicyclic) bond motifs is 1. The molecule has 3 fully saturated rings. The van der Waals surface area contributed by atoms with Crippen LogP contribution in [0.15, 0.2) is 67.3 Å². The van der Waals surface area contributed by atoms with E-state index in [1.807, 2.05) is 74.2 Å². The summed E-state index contributed by atoms with van der Waals surface area (Å²) in [5, 5.41) is 12.1. The van der Waals surface area contributed by atoms with Gasteiger partial charge in [0, 0.05) is 53.5 Å². The summed E-state index contributed by atoms with van der Waals surface area (Å²) < 4.78 is 40.5. The van der Waals surface area contributed by atoms with Crippen molar-refractivity contribution in [3.63, 3.8) is 0 Å². The number of nitrogens with zero attached hydrogens (tertiary/aromatic N) is 3. The van der Waals surface area contributed by atoms with Crippen LogP contribution in [0, 0.1) is 16.7 Å². The summed E-state index contributed by atoms with van der Waals surface area (Å²) in [5.74, 6) is 0.260. The highest BCUT2D eigenvalue weighted by molar-refractivity contribution is 7.90. The zero-order valence-electron chi connectivity index (χ0n) is 32.6. The summed E-state index contributed by atoms with van der Waals surface area (Å²) in [4.78, 5) is 61.2. The number of methoxy groups -OCH3 is 1. The fourth-order valence-electron chi connectivity index (χ4n) is 8.47. The van der Waals surface area contributed by atoms with Crippen molar-refractivity contribution in [1.82, 2.24) is 24.8 Å². The summed E-state index contributed by atoms with van der Waals surface area (Å²) >= 11 is 0. The van der Waals surface area contributed by atoms with E-state index in [4.69, 9.17) is 14.5 Å². The molecule has 15 heteroatoms. The average Bonchev–Trinajstić information content (AvgIpc) is 4.07. The fraction of sp³-hybridized carbons (Fsp3) is 0.488. The second-order valence-electron chi connectivity index (χ2n) is 16.7. The minimum atomic E-state index is -4.00. The molecule has 1 aliphatic heterocycles. The number of carbonyl (C=O) groups excluding carboxylic acids is 3. The minimum Gasteiger partial charge on any atom is -0.497 e. The SMILES string of the molecule is C=CC1CC1N(C(=O)NS(=O)(=O)C1CC1)C(=O)[C@@H]1C[C@@H](Oc2cc(-c3ccccc3)nc3cc(OC)ccc23)CN1C(C(C)(C)C)C(C)(C)[C@@H](C=O)NC(=O)O. The molecule has 4 amide bonds. The van der Waals surface area contributed by atoms with Crippen molar-refractivity contribution in [3.05, 3.63) is 67.3 Å². The summed E-state index contributed by atoms with van der Waals surface area (Å²) in [7, 11) is -2.43. The van der Waals surface area contributed by atoms with E-state index >= 15 is 4.79 Å². The number of likely N-dealkylation sites (tertiary alicyclic amines) is 1. The molecule has 6 rings (SSSR count). The number of hydrogen-bond acceptors (Lipinski definition) is 10. The van der Waals surface area contributed by atoms with Crippen LogP contribution in [0.4, 0.5) is 9.59 Å². The van der Waals surface area contributed by atoms with Gasteiger partial charge in [0.15, 0.2) is 0 Å². The van der Waals surface area contributed by atoms with E-state index in [-0.39, 0.29) is 18.9 Å². The molecule has 3 aromatic rings. The van der Waals surface area contributed by atoms with Crippen LogP contribution in [0.3, 0.4) is 0 Å². The highest BCUT2D eigenvalue weighted by Gasteiger charge is 2.56. The van der Waals surface area contributed by atoms with Gasteiger partial charge in [0.25, 0.3) is 0 Å². The van der Waals surface area contributed by atoms with E-state index in [0.29, 0.717) is 53.6 Å². The smallest absolute Gasteiger partial charge is 0.405 e. The summed E-state index contributed by atoms with van der Waals surface area (Å²) in [6.07, 6.45) is 1.54. The summed E-state index contributed by atoms with van der Waals surface area (Å²) in [6, 6.07) is 12.4. The van der Waals surface area contributed by atoms with Crippen molar-refractivity contribution in [2.45, 2.75) is 95.8 Å². The predicted molar refractivity (Wildman–Crippen MR) is 211 cm³/mol. The number of hydrogen-bond donors (Lipinski definition) is 3. The van der Waals surface area contributed by atoms with Gasteiger partial charge in [-0.2, -0.15) is 0 Å². The number of nitrogens with one attached hydrogen (secondary N) is 2. The Morgan fingerprint density at radius 2 is 1.75 bits per heavy atom. The summed E-state index contributed by atoms with van der Waals surface area (Å²) in [5.41, 5.74) is 0.333. The molecular weight excluding hydrogens is 739 g/mol. The first kappa shape index (κ1) is 40.6. The second-order valence-corrected chi connectivity index (χ2v) is 18.6. The third-order valence-corrected chi connectivity index (χ3v) is 12.9. The lowest BCUT2D eigenvalue weighted by atomic mass is 9.66. The minimum absolute atomic E-state index is 0.0882. The molecule has 2 saturated carbocycles. The van der Waals surface area contributed by atoms with Gasteiger partial charge in [-0.25, -0.2) is 27.7 Å². The quantitative estimate of drug-likeness (QED) is 0.136. The van der Waals surface area contributed by atoms with E-state index < -0.39 is 74.4 Å². The van der Waals surface area contributed by atoms with Crippen molar-refractivity contribution in [3.8, 4) is 22.8 Å². The Bertz CT molecular complexity index is 2120. The predicted octanol–water partition coefficient (Wildman–Crippen LogP) is 5.61. The highest BCUT2D eigenvalue weighted by atomic mass is 32.2. The number of imide groups is 1. The third-order valence-electron chi connectivity index (χ3n) is 11.1. The number of benzene rings is 2. The highest BCUT2D eigenvalue weighted by Crippen LogP contribution is 2.46. The maximum atomic E-state index is 15.0. The average molecular weight is 790 g/mol. The molecule has 0 bridgehead atoms. The molecule has 6 atom stereocenters. The Kier molecular flexibility index (Phi) is 11.2. The zero-order chi connectivity index (χ0) is 40.7. The number of carboxylic acid groups (broad SMARTS) is 1. The monoisotopic (exact) mass is 789 g/mol. The molecule has 300 valence electrons. The number of amides is 4. The number of ether oxygens (including phenoxy) is 2. The van der Waals surface area contributed by atoms with Gasteiger partial charge in [-0.05, 0) is 42.7 Å². The lowest BCUT2D eigenvalue weighted by Crippen LogP contribution is -2.64. The molecule has 3 aliphatic rings. The molecule has 0 spiro atoms. The molecule has 1 saturated heterocycles. The van der Waals surface area contributed by atoms with Crippen LogP contribution in [0.25, 0.3) is 22.2 Å². The number of aromatic nitrogens is 1. The van der Waals surface area contributed by atoms with Gasteiger partial charge in [0.1, 0.15) is 23.9 Å². The third kappa shape index (κ3) is 8.38. The molecule has 2 aliphatic carbocycles. The Hall–Kier alpha value is -5.02. The van der Waals surface area contributed by atoms with E-state index in [1.54, 1.807) is 33.1 Å². The van der Waals surface area contributed by atoms with Crippen molar-refractivity contribution in [2.75, 3.05) is 13.7 Å². The maximum Gasteiger partial charge on any atom is 0.405 e. The Morgan fingerprint density at radius 3 is 2.32 bits per heavy atom. The van der Waals surface area contributed by atoms with Crippen LogP contribution in [0.2, 0.25) is 0 Å². The molecule has 14 nitrogen and oxygen atoms in total. The van der Waals surface area contributed by atoms with Crippen LogP contribution in [0.1, 0.15) is 60.3 Å². The van der Waals surface area contributed by atoms with Gasteiger partial charge < -0.3 is 24.7 Å². The van der Waals surface area contributed by atoms with Crippen molar-refractivity contribution in [2.24, 2.45) is 16.7 Å². The van der Waals surface area contributed by atoms with Gasteiger partial charge in [0.05, 0.1) is 35.7 Å². The van der Waals surface area contributed by atoms with Gasteiger partial charge >= 0.3 is 12.1 Å². The fourth-order valence-corrected chi connectivity index (χ4v) is 9.73. The maximum absolute atomic E-state index is 15.0. The normalized spacial score (nSPS) is 22.4. The molecule has 3 unspecified atom stereocenters.